The first-order valence-corrected chi connectivity index (χ1v) is 7.75. The van der Waals surface area contributed by atoms with Crippen LogP contribution in [0.15, 0.2) is 54.7 Å². The number of hydrogen-bond acceptors (Lipinski definition) is 1. The third-order valence-corrected chi connectivity index (χ3v) is 4.38. The Hall–Kier alpha value is -2.55. The van der Waals surface area contributed by atoms with Crippen molar-refractivity contribution in [2.24, 2.45) is 0 Å². The third-order valence-electron chi connectivity index (χ3n) is 4.38. The van der Waals surface area contributed by atoms with Crippen LogP contribution in [-0.4, -0.2) is 17.4 Å². The van der Waals surface area contributed by atoms with Crippen molar-refractivity contribution in [1.82, 2.24) is 4.98 Å². The van der Waals surface area contributed by atoms with Crippen LogP contribution >= 0.6 is 0 Å². The molecular formula is C19H18N2O. The molecule has 0 aliphatic carbocycles. The molecule has 1 amide bonds. The lowest BCUT2D eigenvalue weighted by atomic mass is 10.0. The van der Waals surface area contributed by atoms with Gasteiger partial charge in [-0.1, -0.05) is 24.3 Å². The SMILES string of the molecule is O=C(Cc1ccc2[nH]ccc2c1)N1CCCc2ccccc21. The smallest absolute Gasteiger partial charge is 0.231 e. The number of nitrogens with one attached hydrogen (secondary N) is 1. The molecule has 1 aromatic heterocycles. The first-order chi connectivity index (χ1) is 10.8. The summed E-state index contributed by atoms with van der Waals surface area (Å²) in [5.41, 5.74) is 4.55. The lowest BCUT2D eigenvalue weighted by Crippen LogP contribution is -2.36. The van der Waals surface area contributed by atoms with E-state index in [9.17, 15) is 4.79 Å². The minimum Gasteiger partial charge on any atom is -0.361 e. The number of carbonyl (C=O) groups excluding carboxylic acids is 1. The lowest BCUT2D eigenvalue weighted by molar-refractivity contribution is -0.118. The Morgan fingerprint density at radius 3 is 3.00 bits per heavy atom. The quantitative estimate of drug-likeness (QED) is 0.767. The Morgan fingerprint density at radius 2 is 2.05 bits per heavy atom. The highest BCUT2D eigenvalue weighted by molar-refractivity contribution is 5.96. The first kappa shape index (κ1) is 13.1. The number of rotatable bonds is 2. The molecule has 1 aliphatic rings. The molecule has 2 aromatic carbocycles. The summed E-state index contributed by atoms with van der Waals surface area (Å²) in [6.45, 7) is 0.822. The van der Waals surface area contributed by atoms with E-state index >= 15 is 0 Å². The summed E-state index contributed by atoms with van der Waals surface area (Å²) in [5, 5.41) is 1.16. The normalized spacial score (nSPS) is 14.1. The number of para-hydroxylation sites is 1. The van der Waals surface area contributed by atoms with Gasteiger partial charge in [0.25, 0.3) is 0 Å². The van der Waals surface area contributed by atoms with E-state index in [0.29, 0.717) is 6.42 Å². The van der Waals surface area contributed by atoms with E-state index in [1.807, 2.05) is 41.4 Å². The van der Waals surface area contributed by atoms with E-state index in [1.165, 1.54) is 5.56 Å². The molecule has 3 nitrogen and oxygen atoms in total. The van der Waals surface area contributed by atoms with Gasteiger partial charge >= 0.3 is 0 Å². The zero-order valence-electron chi connectivity index (χ0n) is 12.4. The van der Waals surface area contributed by atoms with Gasteiger partial charge in [0.05, 0.1) is 6.42 Å². The highest BCUT2D eigenvalue weighted by Gasteiger charge is 2.22. The summed E-state index contributed by atoms with van der Waals surface area (Å²) in [7, 11) is 0. The van der Waals surface area contributed by atoms with Gasteiger partial charge < -0.3 is 9.88 Å². The second-order valence-electron chi connectivity index (χ2n) is 5.85. The van der Waals surface area contributed by atoms with E-state index in [1.54, 1.807) is 0 Å². The minimum absolute atomic E-state index is 0.182. The van der Waals surface area contributed by atoms with Crippen molar-refractivity contribution in [3.63, 3.8) is 0 Å². The van der Waals surface area contributed by atoms with Crippen LogP contribution in [0.2, 0.25) is 0 Å². The Balaban J connectivity index is 1.60. The number of aryl methyl sites for hydroxylation is 1. The molecule has 0 unspecified atom stereocenters. The van der Waals surface area contributed by atoms with Gasteiger partial charge in [0.1, 0.15) is 0 Å². The van der Waals surface area contributed by atoms with Crippen LogP contribution in [0.3, 0.4) is 0 Å². The maximum atomic E-state index is 12.7. The lowest BCUT2D eigenvalue weighted by Gasteiger charge is -2.29. The molecule has 0 fully saturated rings. The fraction of sp³-hybridized carbons (Fsp3) is 0.211. The van der Waals surface area contributed by atoms with Gasteiger partial charge in [0.15, 0.2) is 0 Å². The molecule has 0 bridgehead atoms. The van der Waals surface area contributed by atoms with Crippen LogP contribution in [0.25, 0.3) is 10.9 Å². The summed E-state index contributed by atoms with van der Waals surface area (Å²) < 4.78 is 0. The molecule has 0 radical (unpaired) electrons. The standard InChI is InChI=1S/C19H18N2O/c22-19(13-14-7-8-17-16(12-14)9-10-20-17)21-11-3-5-15-4-1-2-6-18(15)21/h1-2,4,6-10,12,20H,3,5,11,13H2. The summed E-state index contributed by atoms with van der Waals surface area (Å²) in [4.78, 5) is 17.8. The Bertz CT molecular complexity index is 834. The van der Waals surface area contributed by atoms with Crippen LogP contribution < -0.4 is 4.90 Å². The highest BCUT2D eigenvalue weighted by atomic mass is 16.2. The molecule has 3 heteroatoms. The Morgan fingerprint density at radius 1 is 1.14 bits per heavy atom. The van der Waals surface area contributed by atoms with Crippen molar-refractivity contribution in [1.29, 1.82) is 0 Å². The van der Waals surface area contributed by atoms with E-state index in [-0.39, 0.29) is 5.91 Å². The van der Waals surface area contributed by atoms with Crippen molar-refractivity contribution >= 4 is 22.5 Å². The molecule has 2 heterocycles. The zero-order chi connectivity index (χ0) is 14.9. The third kappa shape index (κ3) is 2.29. The fourth-order valence-corrected chi connectivity index (χ4v) is 3.28. The highest BCUT2D eigenvalue weighted by Crippen LogP contribution is 2.27. The molecular weight excluding hydrogens is 272 g/mol. The van der Waals surface area contributed by atoms with E-state index < -0.39 is 0 Å². The second kappa shape index (κ2) is 5.34. The summed E-state index contributed by atoms with van der Waals surface area (Å²) in [6.07, 6.45) is 4.49. The van der Waals surface area contributed by atoms with Gasteiger partial charge in [-0.15, -0.1) is 0 Å². The molecule has 4 rings (SSSR count). The van der Waals surface area contributed by atoms with Crippen molar-refractivity contribution in [2.45, 2.75) is 19.3 Å². The minimum atomic E-state index is 0.182. The number of fused-ring (bicyclic) bond motifs is 2. The molecule has 1 aliphatic heterocycles. The summed E-state index contributed by atoms with van der Waals surface area (Å²) in [6, 6.07) is 16.5. The van der Waals surface area contributed by atoms with E-state index in [2.05, 4.69) is 23.2 Å². The second-order valence-corrected chi connectivity index (χ2v) is 5.85. The average Bonchev–Trinajstić information content (AvgIpc) is 3.02. The molecule has 1 N–H and O–H groups in total. The number of H-pyrrole nitrogens is 1. The van der Waals surface area contributed by atoms with E-state index in [4.69, 9.17) is 0 Å². The van der Waals surface area contributed by atoms with Crippen LogP contribution in [0, 0.1) is 0 Å². The zero-order valence-corrected chi connectivity index (χ0v) is 12.4. The van der Waals surface area contributed by atoms with Gasteiger partial charge in [0.2, 0.25) is 5.91 Å². The number of aromatic nitrogens is 1. The largest absolute Gasteiger partial charge is 0.361 e. The number of amides is 1. The van der Waals surface area contributed by atoms with Crippen LogP contribution in [0.5, 0.6) is 0 Å². The van der Waals surface area contributed by atoms with Crippen LogP contribution in [-0.2, 0) is 17.6 Å². The predicted molar refractivity (Wildman–Crippen MR) is 89.1 cm³/mol. The molecule has 0 spiro atoms. The summed E-state index contributed by atoms with van der Waals surface area (Å²) in [5.74, 6) is 0.182. The number of anilines is 1. The number of nitrogens with zero attached hydrogens (tertiary/aromatic N) is 1. The number of carbonyl (C=O) groups is 1. The first-order valence-electron chi connectivity index (χ1n) is 7.75. The Kier molecular flexibility index (Phi) is 3.19. The van der Waals surface area contributed by atoms with Gasteiger partial charge in [-0.25, -0.2) is 0 Å². The molecule has 0 saturated carbocycles. The maximum Gasteiger partial charge on any atom is 0.231 e. The summed E-state index contributed by atoms with van der Waals surface area (Å²) >= 11 is 0. The van der Waals surface area contributed by atoms with Crippen molar-refractivity contribution < 1.29 is 4.79 Å². The topological polar surface area (TPSA) is 36.1 Å². The maximum absolute atomic E-state index is 12.7. The van der Waals surface area contributed by atoms with Gasteiger partial charge in [-0.05, 0) is 53.6 Å². The number of hydrogen-bond donors (Lipinski definition) is 1. The van der Waals surface area contributed by atoms with Crippen molar-refractivity contribution in [2.75, 3.05) is 11.4 Å². The Labute approximate surface area is 129 Å². The number of aromatic amines is 1. The van der Waals surface area contributed by atoms with Crippen LogP contribution in [0.1, 0.15) is 17.5 Å². The number of benzene rings is 2. The molecule has 3 aromatic rings. The predicted octanol–water partition coefficient (Wildman–Crippen LogP) is 3.69. The van der Waals surface area contributed by atoms with Crippen molar-refractivity contribution in [3.8, 4) is 0 Å². The van der Waals surface area contributed by atoms with Crippen molar-refractivity contribution in [3.05, 3.63) is 65.9 Å². The monoisotopic (exact) mass is 290 g/mol. The average molecular weight is 290 g/mol. The molecule has 110 valence electrons. The fourth-order valence-electron chi connectivity index (χ4n) is 3.28. The van der Waals surface area contributed by atoms with Gasteiger partial charge in [-0.3, -0.25) is 4.79 Å². The molecule has 22 heavy (non-hydrogen) atoms. The van der Waals surface area contributed by atoms with E-state index in [0.717, 1.165) is 41.5 Å². The van der Waals surface area contributed by atoms with Gasteiger partial charge in [0, 0.05) is 23.9 Å². The van der Waals surface area contributed by atoms with Crippen LogP contribution in [0.4, 0.5) is 5.69 Å². The molecule has 0 atom stereocenters. The molecule has 0 saturated heterocycles. The van der Waals surface area contributed by atoms with Gasteiger partial charge in [-0.2, -0.15) is 0 Å².